The van der Waals surface area contributed by atoms with E-state index < -0.39 is 0 Å². The Morgan fingerprint density at radius 2 is 2.17 bits per heavy atom. The highest BCUT2D eigenvalue weighted by Gasteiger charge is 2.24. The smallest absolute Gasteiger partial charge is 0.248 e. The molecule has 1 heterocycles. The fourth-order valence-corrected chi connectivity index (χ4v) is 3.03. The molecular formula is C18H28FN3O2. The number of methoxy groups -OCH3 is 1. The molecule has 1 aliphatic rings. The molecule has 1 aromatic rings. The zero-order valence-electron chi connectivity index (χ0n) is 14.6. The third-order valence-electron chi connectivity index (χ3n) is 4.47. The minimum atomic E-state index is -0.190. The number of carbonyl (C=O) groups excluding carboxylic acids is 1. The van der Waals surface area contributed by atoms with Crippen LogP contribution in [-0.4, -0.2) is 44.2 Å². The minimum Gasteiger partial charge on any atom is -0.375 e. The summed E-state index contributed by atoms with van der Waals surface area (Å²) in [5.41, 5.74) is 7.55. The van der Waals surface area contributed by atoms with Gasteiger partial charge >= 0.3 is 0 Å². The summed E-state index contributed by atoms with van der Waals surface area (Å²) in [5.74, 6) is -0.165. The van der Waals surface area contributed by atoms with Gasteiger partial charge in [0, 0.05) is 32.8 Å². The Hall–Kier alpha value is -1.50. The third kappa shape index (κ3) is 5.85. The predicted molar refractivity (Wildman–Crippen MR) is 91.8 cm³/mol. The van der Waals surface area contributed by atoms with E-state index in [4.69, 9.17) is 4.74 Å². The van der Waals surface area contributed by atoms with Gasteiger partial charge in [-0.05, 0) is 37.0 Å². The Morgan fingerprint density at radius 1 is 1.33 bits per heavy atom. The Morgan fingerprint density at radius 3 is 2.92 bits per heavy atom. The molecule has 1 aliphatic heterocycles. The van der Waals surface area contributed by atoms with Crippen LogP contribution in [0.4, 0.5) is 4.39 Å². The fourth-order valence-electron chi connectivity index (χ4n) is 3.03. The van der Waals surface area contributed by atoms with Crippen LogP contribution in [0.25, 0.3) is 0 Å². The third-order valence-corrected chi connectivity index (χ3v) is 4.47. The average Bonchev–Trinajstić information content (AvgIpc) is 3.03. The first-order chi connectivity index (χ1) is 11.6. The second-order valence-corrected chi connectivity index (χ2v) is 6.43. The van der Waals surface area contributed by atoms with E-state index in [1.165, 1.54) is 13.2 Å². The molecule has 2 unspecified atom stereocenters. The molecule has 2 atom stereocenters. The maximum atomic E-state index is 13.3. The summed E-state index contributed by atoms with van der Waals surface area (Å²) in [6, 6.07) is 7.35. The fraction of sp³-hybridized carbons (Fsp3) is 0.611. The number of halogens is 1. The molecule has 0 radical (unpaired) electrons. The van der Waals surface area contributed by atoms with Crippen LogP contribution in [0.1, 0.15) is 43.7 Å². The molecule has 1 saturated heterocycles. The Balaban J connectivity index is 1.60. The summed E-state index contributed by atoms with van der Waals surface area (Å²) in [6.07, 6.45) is 5.25. The largest absolute Gasteiger partial charge is 0.375 e. The van der Waals surface area contributed by atoms with E-state index in [2.05, 4.69) is 10.9 Å². The first-order valence-electron chi connectivity index (χ1n) is 8.59. The SMILES string of the molecule is COCC(=O)N(C)CCCCCC1CC(c2cccc(F)c2)NN1. The summed E-state index contributed by atoms with van der Waals surface area (Å²) >= 11 is 0. The summed E-state index contributed by atoms with van der Waals surface area (Å²) in [6.45, 7) is 0.917. The van der Waals surface area contributed by atoms with Crippen molar-refractivity contribution in [1.82, 2.24) is 15.8 Å². The van der Waals surface area contributed by atoms with Crippen molar-refractivity contribution in [2.45, 2.75) is 44.2 Å². The molecule has 2 rings (SSSR count). The normalized spacial score (nSPS) is 20.3. The maximum Gasteiger partial charge on any atom is 0.248 e. The molecule has 2 N–H and O–H groups in total. The molecule has 0 saturated carbocycles. The monoisotopic (exact) mass is 337 g/mol. The maximum absolute atomic E-state index is 13.3. The van der Waals surface area contributed by atoms with Gasteiger partial charge in [-0.15, -0.1) is 0 Å². The number of nitrogens with zero attached hydrogens (tertiary/aromatic N) is 1. The van der Waals surface area contributed by atoms with Gasteiger partial charge in [0.05, 0.1) is 0 Å². The van der Waals surface area contributed by atoms with Gasteiger partial charge in [0.25, 0.3) is 0 Å². The summed E-state index contributed by atoms with van der Waals surface area (Å²) in [7, 11) is 3.35. The average molecular weight is 337 g/mol. The number of likely N-dealkylation sites (N-methyl/N-ethyl adjacent to an activating group) is 1. The van der Waals surface area contributed by atoms with E-state index in [-0.39, 0.29) is 24.4 Å². The topological polar surface area (TPSA) is 53.6 Å². The van der Waals surface area contributed by atoms with Gasteiger partial charge in [-0.3, -0.25) is 15.6 Å². The zero-order valence-corrected chi connectivity index (χ0v) is 14.6. The summed E-state index contributed by atoms with van der Waals surface area (Å²) < 4.78 is 18.1. The molecule has 24 heavy (non-hydrogen) atoms. The zero-order chi connectivity index (χ0) is 17.4. The summed E-state index contributed by atoms with van der Waals surface area (Å²) in [5, 5.41) is 0. The second-order valence-electron chi connectivity index (χ2n) is 6.43. The Bertz CT molecular complexity index is 527. The van der Waals surface area contributed by atoms with E-state index >= 15 is 0 Å². The molecule has 134 valence electrons. The van der Waals surface area contributed by atoms with Gasteiger partial charge in [-0.2, -0.15) is 0 Å². The van der Waals surface area contributed by atoms with E-state index in [0.29, 0.717) is 6.04 Å². The van der Waals surface area contributed by atoms with Crippen molar-refractivity contribution in [3.05, 3.63) is 35.6 Å². The van der Waals surface area contributed by atoms with Gasteiger partial charge in [-0.25, -0.2) is 4.39 Å². The lowest BCUT2D eigenvalue weighted by Crippen LogP contribution is -2.31. The number of unbranched alkanes of at least 4 members (excludes halogenated alkanes) is 2. The van der Waals surface area contributed by atoms with E-state index in [0.717, 1.165) is 44.2 Å². The number of amides is 1. The molecule has 1 aromatic carbocycles. The number of benzene rings is 1. The number of hydrogen-bond donors (Lipinski definition) is 2. The molecular weight excluding hydrogens is 309 g/mol. The van der Waals surface area contributed by atoms with Crippen LogP contribution in [0.5, 0.6) is 0 Å². The van der Waals surface area contributed by atoms with Gasteiger partial charge in [0.2, 0.25) is 5.91 Å². The van der Waals surface area contributed by atoms with Crippen LogP contribution in [0.2, 0.25) is 0 Å². The van der Waals surface area contributed by atoms with Crippen molar-refractivity contribution >= 4 is 5.91 Å². The van der Waals surface area contributed by atoms with Gasteiger partial charge in [-0.1, -0.05) is 25.0 Å². The lowest BCUT2D eigenvalue weighted by molar-refractivity contribution is -0.133. The first-order valence-corrected chi connectivity index (χ1v) is 8.59. The standard InChI is InChI=1S/C18H28FN3O2/c1-22(18(23)13-24-2)10-5-3-4-9-16-12-17(21-20-16)14-7-6-8-15(19)11-14/h6-8,11,16-17,20-21H,3-5,9-10,12-13H2,1-2H3. The second kappa shape index (κ2) is 9.71. The quantitative estimate of drug-likeness (QED) is 0.680. The van der Waals surface area contributed by atoms with Crippen LogP contribution >= 0.6 is 0 Å². The van der Waals surface area contributed by atoms with Crippen LogP contribution in [0, 0.1) is 5.82 Å². The highest BCUT2D eigenvalue weighted by Crippen LogP contribution is 2.24. The van der Waals surface area contributed by atoms with Crippen molar-refractivity contribution in [3.8, 4) is 0 Å². The van der Waals surface area contributed by atoms with E-state index in [9.17, 15) is 9.18 Å². The number of rotatable bonds is 9. The molecule has 0 spiro atoms. The molecule has 5 nitrogen and oxygen atoms in total. The predicted octanol–water partition coefficient (Wildman–Crippen LogP) is 2.40. The molecule has 1 amide bonds. The number of carbonyl (C=O) groups is 1. The Labute approximate surface area is 143 Å². The van der Waals surface area contributed by atoms with Crippen molar-refractivity contribution < 1.29 is 13.9 Å². The molecule has 0 aliphatic carbocycles. The highest BCUT2D eigenvalue weighted by atomic mass is 19.1. The number of hydrogen-bond acceptors (Lipinski definition) is 4. The van der Waals surface area contributed by atoms with E-state index in [1.54, 1.807) is 17.0 Å². The van der Waals surface area contributed by atoms with Gasteiger partial charge in [0.1, 0.15) is 12.4 Å². The van der Waals surface area contributed by atoms with Crippen molar-refractivity contribution in [1.29, 1.82) is 0 Å². The van der Waals surface area contributed by atoms with Gasteiger partial charge in [0.15, 0.2) is 0 Å². The van der Waals surface area contributed by atoms with Crippen LogP contribution in [0.15, 0.2) is 24.3 Å². The van der Waals surface area contributed by atoms with Crippen molar-refractivity contribution in [2.75, 3.05) is 27.3 Å². The van der Waals surface area contributed by atoms with E-state index in [1.807, 2.05) is 13.1 Å². The lowest BCUT2D eigenvalue weighted by Gasteiger charge is -2.16. The van der Waals surface area contributed by atoms with Crippen molar-refractivity contribution in [3.63, 3.8) is 0 Å². The highest BCUT2D eigenvalue weighted by molar-refractivity contribution is 5.77. The molecule has 0 bridgehead atoms. The number of nitrogens with one attached hydrogen (secondary N) is 2. The summed E-state index contributed by atoms with van der Waals surface area (Å²) in [4.78, 5) is 13.3. The molecule has 1 fully saturated rings. The van der Waals surface area contributed by atoms with Crippen LogP contribution in [-0.2, 0) is 9.53 Å². The minimum absolute atomic E-state index is 0.0251. The van der Waals surface area contributed by atoms with Crippen LogP contribution < -0.4 is 10.9 Å². The number of ether oxygens (including phenoxy) is 1. The first kappa shape index (κ1) is 18.8. The van der Waals surface area contributed by atoms with Crippen molar-refractivity contribution in [2.24, 2.45) is 0 Å². The Kier molecular flexibility index (Phi) is 7.62. The molecule has 0 aromatic heterocycles. The number of hydrazine groups is 1. The lowest BCUT2D eigenvalue weighted by atomic mass is 9.99. The molecule has 6 heteroatoms. The van der Waals surface area contributed by atoms with Gasteiger partial charge < -0.3 is 9.64 Å². The van der Waals surface area contributed by atoms with Crippen LogP contribution in [0.3, 0.4) is 0 Å².